The van der Waals surface area contributed by atoms with Gasteiger partial charge in [0, 0.05) is 4.47 Å². The zero-order valence-electron chi connectivity index (χ0n) is 19.6. The van der Waals surface area contributed by atoms with E-state index in [1.165, 1.54) is 0 Å². The lowest BCUT2D eigenvalue weighted by Gasteiger charge is -2.45. The topological polar surface area (TPSA) is 60.3 Å². The summed E-state index contributed by atoms with van der Waals surface area (Å²) in [4.78, 5) is 13.0. The van der Waals surface area contributed by atoms with Crippen LogP contribution in [0.5, 0.6) is 0 Å². The third-order valence-electron chi connectivity index (χ3n) is 5.64. The summed E-state index contributed by atoms with van der Waals surface area (Å²) in [5.74, 6) is -0.398. The van der Waals surface area contributed by atoms with Crippen LogP contribution in [0.25, 0.3) is 0 Å². The largest absolute Gasteiger partial charge is 0.465 e. The van der Waals surface area contributed by atoms with Crippen LogP contribution in [-0.4, -0.2) is 34.0 Å². The third-order valence-corrected chi connectivity index (χ3v) is 14.6. The molecule has 1 heterocycles. The quantitative estimate of drug-likeness (QED) is 0.333. The van der Waals surface area contributed by atoms with E-state index < -0.39 is 36.0 Å². The second-order valence-electron chi connectivity index (χ2n) is 9.45. The first-order valence-corrected chi connectivity index (χ1v) is 14.6. The summed E-state index contributed by atoms with van der Waals surface area (Å²) in [5, 5.41) is 0. The molecule has 0 amide bonds. The first kappa shape index (κ1) is 26.6. The van der Waals surface area contributed by atoms with Gasteiger partial charge in [0.2, 0.25) is 0 Å². The van der Waals surface area contributed by atoms with Gasteiger partial charge in [-0.05, 0) is 72.5 Å². The van der Waals surface area contributed by atoms with Gasteiger partial charge in [0.05, 0.1) is 28.0 Å². The predicted molar refractivity (Wildman–Crippen MR) is 129 cm³/mol. The lowest BCUT2D eigenvalue weighted by atomic mass is 10.2. The minimum absolute atomic E-state index is 0.276. The van der Waals surface area contributed by atoms with Crippen molar-refractivity contribution in [3.05, 3.63) is 22.4 Å². The third kappa shape index (κ3) is 5.43. The Balaban J connectivity index is 3.74. The molecular weight excluding hydrogens is 468 g/mol. The summed E-state index contributed by atoms with van der Waals surface area (Å²) in [6.45, 7) is 21.4. The van der Waals surface area contributed by atoms with Crippen LogP contribution in [0.2, 0.25) is 16.6 Å². The predicted octanol–water partition coefficient (Wildman–Crippen LogP) is 5.93. The summed E-state index contributed by atoms with van der Waals surface area (Å²) in [6.07, 6.45) is 2.10. The number of esters is 1. The maximum atomic E-state index is 13.0. The number of ether oxygens (including phenoxy) is 1. The Hall–Kier alpha value is -0.443. The number of hydrogen-bond acceptors (Lipinski definition) is 3. The Labute approximate surface area is 189 Å². The molecule has 8 heteroatoms. The maximum absolute atomic E-state index is 13.0. The van der Waals surface area contributed by atoms with Crippen LogP contribution >= 0.6 is 15.9 Å². The standard InChI is InChI=1S/C21H39BrN2O3SSi/c1-11-27-20(25)18(23-28(26)21(8,9)10)19-17(22)12-13-24(19)29(14(2)3,15(4)5)16(6)7/h12-16,18,23H,11H2,1-10H3/t18-,28?/m0/s1. The number of aromatic nitrogens is 1. The Morgan fingerprint density at radius 1 is 1.17 bits per heavy atom. The summed E-state index contributed by atoms with van der Waals surface area (Å²) in [6, 6.07) is 1.19. The molecule has 0 aliphatic heterocycles. The molecule has 1 rings (SSSR count). The molecule has 168 valence electrons. The molecule has 0 saturated heterocycles. The zero-order chi connectivity index (χ0) is 22.7. The van der Waals surface area contributed by atoms with Gasteiger partial charge < -0.3 is 8.97 Å². The monoisotopic (exact) mass is 506 g/mol. The normalized spacial score (nSPS) is 15.2. The molecular formula is C21H39BrN2O3SSi. The fourth-order valence-corrected chi connectivity index (χ4v) is 12.7. The van der Waals surface area contributed by atoms with Crippen LogP contribution in [0.1, 0.15) is 81.0 Å². The van der Waals surface area contributed by atoms with Crippen LogP contribution < -0.4 is 4.72 Å². The maximum Gasteiger partial charge on any atom is 0.330 e. The van der Waals surface area contributed by atoms with Gasteiger partial charge >= 0.3 is 5.97 Å². The minimum atomic E-state index is -2.12. The summed E-state index contributed by atoms with van der Waals surface area (Å²) < 4.78 is 24.1. The summed E-state index contributed by atoms with van der Waals surface area (Å²) >= 11 is 3.67. The first-order valence-electron chi connectivity index (χ1n) is 10.4. The van der Waals surface area contributed by atoms with E-state index in [2.05, 4.69) is 72.6 Å². The number of halogens is 1. The highest BCUT2D eigenvalue weighted by Crippen LogP contribution is 2.45. The summed E-state index contributed by atoms with van der Waals surface area (Å²) in [7, 11) is -3.54. The van der Waals surface area contributed by atoms with Crippen molar-refractivity contribution in [1.82, 2.24) is 8.95 Å². The van der Waals surface area contributed by atoms with E-state index in [-0.39, 0.29) is 6.61 Å². The molecule has 0 aliphatic carbocycles. The van der Waals surface area contributed by atoms with Gasteiger partial charge in [-0.2, -0.15) is 0 Å². The Morgan fingerprint density at radius 3 is 2.03 bits per heavy atom. The van der Waals surface area contributed by atoms with Crippen LogP contribution in [-0.2, 0) is 20.5 Å². The first-order chi connectivity index (χ1) is 13.2. The van der Waals surface area contributed by atoms with Gasteiger partial charge in [0.25, 0.3) is 0 Å². The molecule has 1 N–H and O–H groups in total. The number of nitrogens with zero attached hydrogens (tertiary/aromatic N) is 1. The van der Waals surface area contributed by atoms with Gasteiger partial charge in [-0.1, -0.05) is 41.5 Å². The average Bonchev–Trinajstić information content (AvgIpc) is 2.92. The number of carbonyl (C=O) groups is 1. The van der Waals surface area contributed by atoms with E-state index in [0.717, 1.165) is 10.2 Å². The molecule has 1 aromatic rings. The van der Waals surface area contributed by atoms with Crippen molar-refractivity contribution in [3.8, 4) is 0 Å². The Morgan fingerprint density at radius 2 is 1.66 bits per heavy atom. The number of rotatable bonds is 9. The highest BCUT2D eigenvalue weighted by molar-refractivity contribution is 9.10. The van der Waals surface area contributed by atoms with Crippen LogP contribution in [0.4, 0.5) is 0 Å². The Bertz CT molecular complexity index is 704. The van der Waals surface area contributed by atoms with Crippen LogP contribution in [0.3, 0.4) is 0 Å². The number of hydrogen-bond donors (Lipinski definition) is 1. The molecule has 0 spiro atoms. The molecule has 0 aliphatic rings. The van der Waals surface area contributed by atoms with E-state index in [1.807, 2.05) is 26.8 Å². The van der Waals surface area contributed by atoms with Crippen molar-refractivity contribution in [2.45, 2.75) is 96.6 Å². The molecule has 0 fully saturated rings. The van der Waals surface area contributed by atoms with Crippen LogP contribution in [0.15, 0.2) is 16.7 Å². The highest BCUT2D eigenvalue weighted by atomic mass is 79.9. The van der Waals surface area contributed by atoms with E-state index in [4.69, 9.17) is 4.74 Å². The molecule has 0 radical (unpaired) electrons. The van der Waals surface area contributed by atoms with E-state index in [9.17, 15) is 9.00 Å². The van der Waals surface area contributed by atoms with Crippen molar-refractivity contribution in [2.24, 2.45) is 0 Å². The number of nitrogens with one attached hydrogen (secondary N) is 1. The molecule has 1 unspecified atom stereocenters. The fraction of sp³-hybridized carbons (Fsp3) is 0.762. The minimum Gasteiger partial charge on any atom is -0.465 e. The van der Waals surface area contributed by atoms with Gasteiger partial charge in [-0.3, -0.25) is 0 Å². The molecule has 0 bridgehead atoms. The van der Waals surface area contributed by atoms with Crippen molar-refractivity contribution >= 4 is 41.1 Å². The van der Waals surface area contributed by atoms with Gasteiger partial charge in [0.15, 0.2) is 14.3 Å². The molecule has 29 heavy (non-hydrogen) atoms. The number of carbonyl (C=O) groups excluding carboxylic acids is 1. The van der Waals surface area contributed by atoms with Gasteiger partial charge in [0.1, 0.15) is 0 Å². The Kier molecular flexibility index (Phi) is 9.39. The van der Waals surface area contributed by atoms with E-state index in [0.29, 0.717) is 16.6 Å². The second-order valence-corrected chi connectivity index (χ2v) is 18.0. The SMILES string of the molecule is CCOC(=O)[C@@H](NS(=O)C(C)(C)C)c1c(Br)ccn1[Si](C(C)C)(C(C)C)C(C)C. The fourth-order valence-electron chi connectivity index (χ4n) is 4.59. The van der Waals surface area contributed by atoms with Crippen molar-refractivity contribution in [3.63, 3.8) is 0 Å². The average molecular weight is 508 g/mol. The summed E-state index contributed by atoms with van der Waals surface area (Å²) in [5.41, 5.74) is 2.19. The smallest absolute Gasteiger partial charge is 0.330 e. The molecule has 2 atom stereocenters. The zero-order valence-corrected chi connectivity index (χ0v) is 23.0. The van der Waals surface area contributed by atoms with E-state index >= 15 is 0 Å². The van der Waals surface area contributed by atoms with Crippen molar-refractivity contribution < 1.29 is 13.7 Å². The lowest BCUT2D eigenvalue weighted by Crippen LogP contribution is -2.53. The van der Waals surface area contributed by atoms with Gasteiger partial charge in [-0.15, -0.1) is 0 Å². The van der Waals surface area contributed by atoms with Crippen LogP contribution in [0, 0.1) is 0 Å². The van der Waals surface area contributed by atoms with Crippen molar-refractivity contribution in [1.29, 1.82) is 0 Å². The lowest BCUT2D eigenvalue weighted by molar-refractivity contribution is -0.145. The van der Waals surface area contributed by atoms with Crippen molar-refractivity contribution in [2.75, 3.05) is 6.61 Å². The molecule has 1 aromatic heterocycles. The molecule has 5 nitrogen and oxygen atoms in total. The second kappa shape index (κ2) is 10.2. The molecule has 0 aromatic carbocycles. The highest BCUT2D eigenvalue weighted by Gasteiger charge is 2.48. The van der Waals surface area contributed by atoms with E-state index in [1.54, 1.807) is 6.92 Å². The van der Waals surface area contributed by atoms with Gasteiger partial charge in [-0.25, -0.2) is 13.7 Å². The molecule has 0 saturated carbocycles.